The number of β-amino-alcohol motifs (C(OH)–C–C–N with tert-alkyl or cyclic N) is 1. The van der Waals surface area contributed by atoms with Crippen molar-refractivity contribution in [3.05, 3.63) is 24.3 Å². The van der Waals surface area contributed by atoms with Crippen molar-refractivity contribution in [1.82, 2.24) is 4.90 Å². The molecule has 0 spiro atoms. The van der Waals surface area contributed by atoms with Gasteiger partial charge in [-0.3, -0.25) is 4.90 Å². The average molecular weight is 252 g/mol. The average Bonchev–Trinajstić information content (AvgIpc) is 2.40. The van der Waals surface area contributed by atoms with Crippen molar-refractivity contribution in [2.24, 2.45) is 0 Å². The number of aromatic hydroxyl groups is 1. The first-order chi connectivity index (χ1) is 8.69. The first-order valence-electron chi connectivity index (χ1n) is 6.24. The molecule has 3 N–H and O–H groups in total. The van der Waals surface area contributed by atoms with Gasteiger partial charge in [0.2, 0.25) is 0 Å². The Bertz CT molecular complexity index is 361. The van der Waals surface area contributed by atoms with E-state index < -0.39 is 6.10 Å². The second-order valence-electron chi connectivity index (χ2n) is 4.64. The minimum atomic E-state index is -0.648. The number of aliphatic hydroxyl groups excluding tert-OH is 2. The van der Waals surface area contributed by atoms with Gasteiger partial charge in [0.1, 0.15) is 5.75 Å². The lowest BCUT2D eigenvalue weighted by Crippen LogP contribution is -2.49. The predicted molar refractivity (Wildman–Crippen MR) is 69.9 cm³/mol. The fourth-order valence-corrected chi connectivity index (χ4v) is 2.21. The van der Waals surface area contributed by atoms with Gasteiger partial charge in [0.15, 0.2) is 0 Å². The van der Waals surface area contributed by atoms with Crippen LogP contribution in [-0.2, 0) is 0 Å². The van der Waals surface area contributed by atoms with Gasteiger partial charge in [0.05, 0.1) is 12.7 Å². The van der Waals surface area contributed by atoms with Crippen molar-refractivity contribution in [3.8, 4) is 5.75 Å². The number of nitrogens with zero attached hydrogens (tertiary/aromatic N) is 2. The van der Waals surface area contributed by atoms with Crippen molar-refractivity contribution in [2.45, 2.75) is 6.10 Å². The van der Waals surface area contributed by atoms with E-state index in [-0.39, 0.29) is 12.4 Å². The van der Waals surface area contributed by atoms with E-state index in [9.17, 15) is 10.2 Å². The third-order valence-corrected chi connectivity index (χ3v) is 3.27. The molecular formula is C13H20N2O3. The Morgan fingerprint density at radius 3 is 2.22 bits per heavy atom. The smallest absolute Gasteiger partial charge is 0.115 e. The van der Waals surface area contributed by atoms with E-state index in [0.717, 1.165) is 31.9 Å². The molecule has 1 saturated heterocycles. The van der Waals surface area contributed by atoms with Crippen molar-refractivity contribution in [3.63, 3.8) is 0 Å². The first kappa shape index (κ1) is 13.1. The Morgan fingerprint density at radius 2 is 1.67 bits per heavy atom. The first-order valence-corrected chi connectivity index (χ1v) is 6.24. The SMILES string of the molecule is OCC(O)CN1CCN(c2ccc(O)cc2)CC1. The van der Waals surface area contributed by atoms with Gasteiger partial charge in [-0.2, -0.15) is 0 Å². The maximum absolute atomic E-state index is 9.39. The van der Waals surface area contributed by atoms with E-state index in [4.69, 9.17) is 5.11 Å². The predicted octanol–water partition coefficient (Wildman–Crippen LogP) is -0.133. The van der Waals surface area contributed by atoms with E-state index >= 15 is 0 Å². The molecule has 100 valence electrons. The third kappa shape index (κ3) is 3.35. The number of phenols is 1. The quantitative estimate of drug-likeness (QED) is 0.696. The highest BCUT2D eigenvalue weighted by Gasteiger charge is 2.18. The standard InChI is InChI=1S/C13H20N2O3/c16-10-13(18)9-14-5-7-15(8-6-14)11-1-3-12(17)4-2-11/h1-4,13,16-18H,5-10H2. The molecule has 1 heterocycles. The molecule has 0 amide bonds. The summed E-state index contributed by atoms with van der Waals surface area (Å²) in [6.07, 6.45) is -0.648. The fourth-order valence-electron chi connectivity index (χ4n) is 2.21. The summed E-state index contributed by atoms with van der Waals surface area (Å²) in [6, 6.07) is 7.20. The topological polar surface area (TPSA) is 67.2 Å². The van der Waals surface area contributed by atoms with Crippen molar-refractivity contribution in [1.29, 1.82) is 0 Å². The molecule has 2 rings (SSSR count). The van der Waals surface area contributed by atoms with Crippen LogP contribution in [0.2, 0.25) is 0 Å². The van der Waals surface area contributed by atoms with Crippen LogP contribution < -0.4 is 4.90 Å². The number of hydrogen-bond donors (Lipinski definition) is 3. The van der Waals surface area contributed by atoms with Gasteiger partial charge in [-0.25, -0.2) is 0 Å². The van der Waals surface area contributed by atoms with E-state index in [2.05, 4.69) is 9.80 Å². The summed E-state index contributed by atoms with van der Waals surface area (Å²) in [5, 5.41) is 27.4. The fraction of sp³-hybridized carbons (Fsp3) is 0.538. The molecular weight excluding hydrogens is 232 g/mol. The van der Waals surface area contributed by atoms with Crippen LogP contribution in [0.25, 0.3) is 0 Å². The molecule has 1 aromatic carbocycles. The molecule has 1 aromatic rings. The maximum atomic E-state index is 9.39. The van der Waals surface area contributed by atoms with Gasteiger partial charge >= 0.3 is 0 Å². The summed E-state index contributed by atoms with van der Waals surface area (Å²) in [4.78, 5) is 4.40. The summed E-state index contributed by atoms with van der Waals surface area (Å²) >= 11 is 0. The second kappa shape index (κ2) is 6.04. The lowest BCUT2D eigenvalue weighted by atomic mass is 10.2. The zero-order valence-electron chi connectivity index (χ0n) is 10.4. The third-order valence-electron chi connectivity index (χ3n) is 3.27. The van der Waals surface area contributed by atoms with Crippen molar-refractivity contribution < 1.29 is 15.3 Å². The molecule has 18 heavy (non-hydrogen) atoms. The monoisotopic (exact) mass is 252 g/mol. The Kier molecular flexibility index (Phi) is 4.41. The maximum Gasteiger partial charge on any atom is 0.115 e. The Hall–Kier alpha value is -1.30. The molecule has 1 atom stereocenters. The number of aliphatic hydroxyl groups is 2. The van der Waals surface area contributed by atoms with Crippen LogP contribution in [0.4, 0.5) is 5.69 Å². The number of phenolic OH excluding ortho intramolecular Hbond substituents is 1. The van der Waals surface area contributed by atoms with Crippen LogP contribution in [0.15, 0.2) is 24.3 Å². The van der Waals surface area contributed by atoms with Gasteiger partial charge in [-0.1, -0.05) is 0 Å². The number of piperazine rings is 1. The normalized spacial score (nSPS) is 18.9. The summed E-state index contributed by atoms with van der Waals surface area (Å²) in [6.45, 7) is 3.87. The van der Waals surface area contributed by atoms with Crippen LogP contribution in [0.3, 0.4) is 0 Å². The second-order valence-corrected chi connectivity index (χ2v) is 4.64. The zero-order valence-corrected chi connectivity index (χ0v) is 10.4. The highest BCUT2D eigenvalue weighted by molar-refractivity contribution is 5.49. The molecule has 5 nitrogen and oxygen atoms in total. The minimum Gasteiger partial charge on any atom is -0.508 e. The molecule has 0 aromatic heterocycles. The minimum absolute atomic E-state index is 0.182. The van der Waals surface area contributed by atoms with E-state index in [0.29, 0.717) is 6.54 Å². The van der Waals surface area contributed by atoms with Crippen molar-refractivity contribution >= 4 is 5.69 Å². The molecule has 1 aliphatic rings. The lowest BCUT2D eigenvalue weighted by molar-refractivity contribution is 0.0575. The molecule has 0 aliphatic carbocycles. The highest BCUT2D eigenvalue weighted by atomic mass is 16.3. The Labute approximate surface area is 107 Å². The van der Waals surface area contributed by atoms with Gasteiger partial charge in [-0.05, 0) is 24.3 Å². The molecule has 1 unspecified atom stereocenters. The number of rotatable bonds is 4. The Balaban J connectivity index is 1.84. The molecule has 0 saturated carbocycles. The summed E-state index contributed by atoms with van der Waals surface area (Å²) in [5.74, 6) is 0.281. The molecule has 0 bridgehead atoms. The largest absolute Gasteiger partial charge is 0.508 e. The van der Waals surface area contributed by atoms with Crippen LogP contribution in [-0.4, -0.2) is 65.7 Å². The summed E-state index contributed by atoms with van der Waals surface area (Å²) in [5.41, 5.74) is 1.11. The molecule has 1 aliphatic heterocycles. The Morgan fingerprint density at radius 1 is 1.06 bits per heavy atom. The van der Waals surface area contributed by atoms with Crippen molar-refractivity contribution in [2.75, 3.05) is 44.2 Å². The van der Waals surface area contributed by atoms with E-state index in [1.165, 1.54) is 0 Å². The number of benzene rings is 1. The molecule has 5 heteroatoms. The zero-order chi connectivity index (χ0) is 13.0. The summed E-state index contributed by atoms with van der Waals surface area (Å²) in [7, 11) is 0. The number of anilines is 1. The van der Waals surface area contributed by atoms with E-state index in [1.54, 1.807) is 12.1 Å². The van der Waals surface area contributed by atoms with Gasteiger partial charge < -0.3 is 20.2 Å². The van der Waals surface area contributed by atoms with Crippen LogP contribution >= 0.6 is 0 Å². The number of hydrogen-bond acceptors (Lipinski definition) is 5. The van der Waals surface area contributed by atoms with Gasteiger partial charge in [-0.15, -0.1) is 0 Å². The van der Waals surface area contributed by atoms with Gasteiger partial charge in [0, 0.05) is 38.4 Å². The summed E-state index contributed by atoms with van der Waals surface area (Å²) < 4.78 is 0. The highest BCUT2D eigenvalue weighted by Crippen LogP contribution is 2.19. The van der Waals surface area contributed by atoms with Gasteiger partial charge in [0.25, 0.3) is 0 Å². The van der Waals surface area contributed by atoms with Crippen LogP contribution in [0.1, 0.15) is 0 Å². The lowest BCUT2D eigenvalue weighted by Gasteiger charge is -2.36. The van der Waals surface area contributed by atoms with Crippen LogP contribution in [0.5, 0.6) is 5.75 Å². The van der Waals surface area contributed by atoms with E-state index in [1.807, 2.05) is 12.1 Å². The molecule has 0 radical (unpaired) electrons. The van der Waals surface area contributed by atoms with Crippen LogP contribution in [0, 0.1) is 0 Å². The molecule has 1 fully saturated rings.